The summed E-state index contributed by atoms with van der Waals surface area (Å²) in [6, 6.07) is 34.9. The molecule has 0 radical (unpaired) electrons. The van der Waals surface area contributed by atoms with Crippen molar-refractivity contribution in [3.05, 3.63) is 108 Å². The van der Waals surface area contributed by atoms with E-state index in [1.807, 2.05) is 54.6 Å². The second-order valence-electron chi connectivity index (χ2n) is 7.63. The van der Waals surface area contributed by atoms with Crippen LogP contribution in [-0.2, 0) is 0 Å². The fourth-order valence-corrected chi connectivity index (χ4v) is 4.34. The Labute approximate surface area is 193 Å². The van der Waals surface area contributed by atoms with E-state index >= 15 is 0 Å². The van der Waals surface area contributed by atoms with Crippen LogP contribution in [0.3, 0.4) is 0 Å². The first-order valence-corrected chi connectivity index (χ1v) is 11.2. The van der Waals surface area contributed by atoms with Crippen molar-refractivity contribution in [3.63, 3.8) is 0 Å². The first-order chi connectivity index (χ1) is 15.8. The van der Waals surface area contributed by atoms with Gasteiger partial charge in [-0.3, -0.25) is 0 Å². The van der Waals surface area contributed by atoms with Crippen LogP contribution < -0.4 is 0 Å². The van der Waals surface area contributed by atoms with Crippen LogP contribution in [0.4, 0.5) is 0 Å². The molecule has 6 rings (SSSR count). The molecular formula is C28H17BrN2O. The van der Waals surface area contributed by atoms with Crippen LogP contribution in [0.1, 0.15) is 0 Å². The van der Waals surface area contributed by atoms with Gasteiger partial charge in [0.05, 0.1) is 0 Å². The third-order valence-electron chi connectivity index (χ3n) is 5.57. The average molecular weight is 477 g/mol. The molecule has 4 aromatic carbocycles. The van der Waals surface area contributed by atoms with Crippen molar-refractivity contribution in [1.29, 1.82) is 0 Å². The summed E-state index contributed by atoms with van der Waals surface area (Å²) in [6.45, 7) is 0. The normalized spacial score (nSPS) is 11.3. The Morgan fingerprint density at radius 2 is 1.22 bits per heavy atom. The van der Waals surface area contributed by atoms with E-state index in [9.17, 15) is 0 Å². The molecule has 0 aliphatic carbocycles. The summed E-state index contributed by atoms with van der Waals surface area (Å²) in [7, 11) is 0. The number of aromatic nitrogens is 2. The number of halogens is 1. The largest absolute Gasteiger partial charge is 0.452 e. The van der Waals surface area contributed by atoms with Crippen molar-refractivity contribution in [1.82, 2.24) is 9.97 Å². The van der Waals surface area contributed by atoms with Crippen LogP contribution in [0.15, 0.2) is 112 Å². The second kappa shape index (κ2) is 7.74. The van der Waals surface area contributed by atoms with Gasteiger partial charge in [-0.05, 0) is 29.3 Å². The van der Waals surface area contributed by atoms with E-state index in [0.29, 0.717) is 11.4 Å². The van der Waals surface area contributed by atoms with E-state index in [0.717, 1.165) is 43.3 Å². The Morgan fingerprint density at radius 3 is 1.94 bits per heavy atom. The topological polar surface area (TPSA) is 38.9 Å². The van der Waals surface area contributed by atoms with Crippen molar-refractivity contribution in [3.8, 4) is 33.8 Å². The van der Waals surface area contributed by atoms with E-state index in [2.05, 4.69) is 64.5 Å². The second-order valence-corrected chi connectivity index (χ2v) is 8.54. The highest BCUT2D eigenvalue weighted by molar-refractivity contribution is 9.10. The zero-order valence-electron chi connectivity index (χ0n) is 17.0. The Hall–Kier alpha value is -3.76. The molecule has 152 valence electrons. The lowest BCUT2D eigenvalue weighted by atomic mass is 10.0. The van der Waals surface area contributed by atoms with Crippen LogP contribution in [0.2, 0.25) is 0 Å². The highest BCUT2D eigenvalue weighted by Crippen LogP contribution is 2.37. The molecule has 0 unspecified atom stereocenters. The minimum absolute atomic E-state index is 0.683. The summed E-state index contributed by atoms with van der Waals surface area (Å²) in [6.07, 6.45) is 0. The van der Waals surface area contributed by atoms with Gasteiger partial charge in [0.1, 0.15) is 16.8 Å². The first-order valence-electron chi connectivity index (χ1n) is 10.4. The summed E-state index contributed by atoms with van der Waals surface area (Å²) < 4.78 is 7.24. The highest BCUT2D eigenvalue weighted by atomic mass is 79.9. The smallest absolute Gasteiger partial charge is 0.180 e. The van der Waals surface area contributed by atoms with Gasteiger partial charge in [-0.2, -0.15) is 0 Å². The lowest BCUT2D eigenvalue weighted by Gasteiger charge is -2.07. The Bertz CT molecular complexity index is 1560. The van der Waals surface area contributed by atoms with E-state index in [4.69, 9.17) is 14.4 Å². The molecule has 0 saturated heterocycles. The molecule has 2 aromatic heterocycles. The molecular weight excluding hydrogens is 460 g/mol. The molecule has 32 heavy (non-hydrogen) atoms. The highest BCUT2D eigenvalue weighted by Gasteiger charge is 2.18. The third-order valence-corrected chi connectivity index (χ3v) is 6.07. The van der Waals surface area contributed by atoms with E-state index in [-0.39, 0.29) is 0 Å². The number of hydrogen-bond donors (Lipinski definition) is 0. The fourth-order valence-electron chi connectivity index (χ4n) is 3.98. The maximum atomic E-state index is 6.25. The number of benzene rings is 4. The van der Waals surface area contributed by atoms with E-state index in [1.54, 1.807) is 0 Å². The molecule has 0 amide bonds. The van der Waals surface area contributed by atoms with Crippen molar-refractivity contribution >= 4 is 38.0 Å². The summed E-state index contributed by atoms with van der Waals surface area (Å²) >= 11 is 3.57. The van der Waals surface area contributed by atoms with Gasteiger partial charge in [-0.25, -0.2) is 9.97 Å². The molecule has 4 heteroatoms. The van der Waals surface area contributed by atoms with E-state index in [1.165, 1.54) is 5.56 Å². The number of rotatable bonds is 3. The maximum absolute atomic E-state index is 6.25. The zero-order chi connectivity index (χ0) is 21.5. The van der Waals surface area contributed by atoms with Crippen LogP contribution in [0.25, 0.3) is 55.8 Å². The van der Waals surface area contributed by atoms with Crippen molar-refractivity contribution < 1.29 is 4.42 Å². The molecule has 2 heterocycles. The quantitative estimate of drug-likeness (QED) is 0.258. The number of nitrogens with zero attached hydrogens (tertiary/aromatic N) is 2. The maximum Gasteiger partial charge on any atom is 0.180 e. The summed E-state index contributed by atoms with van der Waals surface area (Å²) in [5.41, 5.74) is 7.42. The molecule has 3 nitrogen and oxygen atoms in total. The van der Waals surface area contributed by atoms with Crippen LogP contribution in [0.5, 0.6) is 0 Å². The molecule has 0 aliphatic heterocycles. The van der Waals surface area contributed by atoms with Crippen LogP contribution in [-0.4, -0.2) is 9.97 Å². The molecule has 0 fully saturated rings. The minimum atomic E-state index is 0.683. The van der Waals surface area contributed by atoms with Gasteiger partial charge >= 0.3 is 0 Å². The van der Waals surface area contributed by atoms with Gasteiger partial charge in [0.15, 0.2) is 11.4 Å². The summed E-state index contributed by atoms with van der Waals surface area (Å²) in [4.78, 5) is 9.85. The summed E-state index contributed by atoms with van der Waals surface area (Å²) in [5.74, 6) is 0.683. The molecule has 0 spiro atoms. The average Bonchev–Trinajstić information content (AvgIpc) is 3.22. The number of fused-ring (bicyclic) bond motifs is 3. The monoisotopic (exact) mass is 476 g/mol. The van der Waals surface area contributed by atoms with Crippen molar-refractivity contribution in [2.75, 3.05) is 0 Å². The SMILES string of the molecule is Brc1ccc2oc3c(-c4ccc(-c5ccccc5)cc4)nc(-c4ccccc4)nc3c2c1. The van der Waals surface area contributed by atoms with Gasteiger partial charge in [0.25, 0.3) is 0 Å². The standard InChI is InChI=1S/C28H17BrN2O/c29-22-15-16-24-23(17-22)26-27(32-24)25(30-28(31-26)21-9-5-2-6-10-21)20-13-11-19(12-14-20)18-7-3-1-4-8-18/h1-17H. The fraction of sp³-hybridized carbons (Fsp3) is 0. The summed E-state index contributed by atoms with van der Waals surface area (Å²) in [5, 5.41) is 0.969. The molecule has 0 aliphatic rings. The Kier molecular flexibility index (Phi) is 4.58. The van der Waals surface area contributed by atoms with Gasteiger partial charge in [-0.15, -0.1) is 0 Å². The Morgan fingerprint density at radius 1 is 0.594 bits per heavy atom. The zero-order valence-corrected chi connectivity index (χ0v) is 18.6. The predicted octanol–water partition coefficient (Wildman–Crippen LogP) is 8.14. The lowest BCUT2D eigenvalue weighted by molar-refractivity contribution is 0.667. The van der Waals surface area contributed by atoms with Crippen LogP contribution >= 0.6 is 15.9 Å². The number of furan rings is 1. The van der Waals surface area contributed by atoms with Crippen molar-refractivity contribution in [2.24, 2.45) is 0 Å². The number of hydrogen-bond acceptors (Lipinski definition) is 3. The van der Waals surface area contributed by atoms with Crippen LogP contribution in [0, 0.1) is 0 Å². The van der Waals surface area contributed by atoms with E-state index < -0.39 is 0 Å². The van der Waals surface area contributed by atoms with Gasteiger partial charge in [0.2, 0.25) is 0 Å². The Balaban J connectivity index is 1.59. The molecule has 0 bridgehead atoms. The molecule has 0 atom stereocenters. The minimum Gasteiger partial charge on any atom is -0.452 e. The first kappa shape index (κ1) is 19.0. The predicted molar refractivity (Wildman–Crippen MR) is 133 cm³/mol. The third kappa shape index (κ3) is 3.29. The molecule has 0 N–H and O–H groups in total. The van der Waals surface area contributed by atoms with Gasteiger partial charge in [0, 0.05) is 21.0 Å². The van der Waals surface area contributed by atoms with Gasteiger partial charge < -0.3 is 4.42 Å². The van der Waals surface area contributed by atoms with Crippen molar-refractivity contribution in [2.45, 2.75) is 0 Å². The molecule has 6 aromatic rings. The molecule has 0 saturated carbocycles. The van der Waals surface area contributed by atoms with Gasteiger partial charge in [-0.1, -0.05) is 101 Å². The lowest BCUT2D eigenvalue weighted by Crippen LogP contribution is -1.93.